The minimum absolute atomic E-state index is 0.0132. The maximum absolute atomic E-state index is 13.9. The normalized spacial score (nSPS) is 21.0. The third kappa shape index (κ3) is 3.80. The molecule has 6 nitrogen and oxygen atoms in total. The molecule has 1 aromatic heterocycles. The average molecular weight is 447 g/mol. The Morgan fingerprint density at radius 1 is 1.03 bits per heavy atom. The van der Waals surface area contributed by atoms with Crippen LogP contribution in [0.3, 0.4) is 0 Å². The van der Waals surface area contributed by atoms with Crippen molar-refractivity contribution in [1.82, 2.24) is 9.21 Å². The number of benzene rings is 1. The molecule has 170 valence electrons. The van der Waals surface area contributed by atoms with Gasteiger partial charge in [-0.05, 0) is 76.5 Å². The van der Waals surface area contributed by atoms with Gasteiger partial charge in [0, 0.05) is 36.6 Å². The zero-order valence-corrected chi connectivity index (χ0v) is 20.0. The van der Waals surface area contributed by atoms with Gasteiger partial charge in [0.2, 0.25) is 10.0 Å². The first-order valence-corrected chi connectivity index (χ1v) is 13.1. The molecule has 0 spiro atoms. The van der Waals surface area contributed by atoms with E-state index in [0.717, 1.165) is 74.5 Å². The number of sulfonamides is 1. The van der Waals surface area contributed by atoms with Crippen molar-refractivity contribution in [2.24, 2.45) is 0 Å². The molecule has 1 amide bonds. The number of likely N-dealkylation sites (tertiary alicyclic amines) is 1. The van der Waals surface area contributed by atoms with Gasteiger partial charge in [0.05, 0.1) is 0 Å². The molecule has 0 aliphatic carbocycles. The van der Waals surface area contributed by atoms with Crippen molar-refractivity contribution in [3.8, 4) is 0 Å². The summed E-state index contributed by atoms with van der Waals surface area (Å²) in [7, 11) is -3.74. The lowest BCUT2D eigenvalue weighted by Gasteiger charge is -2.34. The van der Waals surface area contributed by atoms with Crippen LogP contribution in [0.25, 0.3) is 11.0 Å². The van der Waals surface area contributed by atoms with Gasteiger partial charge >= 0.3 is 0 Å². The quantitative estimate of drug-likeness (QED) is 0.667. The largest absolute Gasteiger partial charge is 0.449 e. The first-order valence-electron chi connectivity index (χ1n) is 11.6. The van der Waals surface area contributed by atoms with E-state index in [-0.39, 0.29) is 22.6 Å². The van der Waals surface area contributed by atoms with Crippen molar-refractivity contribution < 1.29 is 17.6 Å². The van der Waals surface area contributed by atoms with E-state index in [9.17, 15) is 13.2 Å². The minimum Gasteiger partial charge on any atom is -0.449 e. The molecule has 7 heteroatoms. The number of fused-ring (bicyclic) bond motifs is 1. The number of rotatable bonds is 4. The van der Waals surface area contributed by atoms with Gasteiger partial charge in [-0.15, -0.1) is 0 Å². The van der Waals surface area contributed by atoms with Crippen molar-refractivity contribution in [3.63, 3.8) is 0 Å². The highest BCUT2D eigenvalue weighted by molar-refractivity contribution is 7.89. The van der Waals surface area contributed by atoms with Gasteiger partial charge in [0.15, 0.2) is 11.3 Å². The molecule has 2 fully saturated rings. The molecule has 2 aliphatic heterocycles. The van der Waals surface area contributed by atoms with Crippen LogP contribution in [-0.4, -0.2) is 49.2 Å². The fourth-order valence-corrected chi connectivity index (χ4v) is 7.30. The topological polar surface area (TPSA) is 70.8 Å². The molecule has 1 unspecified atom stereocenters. The molecular formula is C24H34N2O4S. The summed E-state index contributed by atoms with van der Waals surface area (Å²) in [6, 6.07) is 1.97. The van der Waals surface area contributed by atoms with Crippen molar-refractivity contribution in [2.45, 2.75) is 83.6 Å². The smallest absolute Gasteiger partial charge is 0.289 e. The van der Waals surface area contributed by atoms with E-state index in [0.29, 0.717) is 17.7 Å². The molecule has 31 heavy (non-hydrogen) atoms. The fraction of sp³-hybridized carbons (Fsp3) is 0.625. The van der Waals surface area contributed by atoms with Crippen molar-refractivity contribution in [3.05, 3.63) is 28.5 Å². The predicted molar refractivity (Wildman–Crippen MR) is 122 cm³/mol. The van der Waals surface area contributed by atoms with Crippen LogP contribution < -0.4 is 0 Å². The Labute approximate surface area is 185 Å². The number of carbonyl (C=O) groups is 1. The minimum atomic E-state index is -3.74. The van der Waals surface area contributed by atoms with Crippen LogP contribution in [0, 0.1) is 20.8 Å². The molecule has 2 saturated heterocycles. The van der Waals surface area contributed by atoms with E-state index in [2.05, 4.69) is 0 Å². The highest BCUT2D eigenvalue weighted by atomic mass is 32.2. The second-order valence-electron chi connectivity index (χ2n) is 9.11. The predicted octanol–water partition coefficient (Wildman–Crippen LogP) is 4.94. The van der Waals surface area contributed by atoms with E-state index in [1.54, 1.807) is 4.31 Å². The molecule has 1 atom stereocenters. The van der Waals surface area contributed by atoms with Crippen molar-refractivity contribution in [1.29, 1.82) is 0 Å². The third-order valence-corrected chi connectivity index (χ3v) is 9.25. The lowest BCUT2D eigenvalue weighted by atomic mass is 10.0. The van der Waals surface area contributed by atoms with Crippen LogP contribution in [0.4, 0.5) is 0 Å². The lowest BCUT2D eigenvalue weighted by Crippen LogP contribution is -2.43. The van der Waals surface area contributed by atoms with E-state index < -0.39 is 10.0 Å². The monoisotopic (exact) mass is 446 g/mol. The Bertz CT molecular complexity index is 1100. The molecule has 0 N–H and O–H groups in total. The van der Waals surface area contributed by atoms with Gasteiger partial charge < -0.3 is 9.32 Å². The molecule has 0 bridgehead atoms. The molecule has 0 saturated carbocycles. The maximum atomic E-state index is 13.9. The van der Waals surface area contributed by atoms with Gasteiger partial charge in [-0.1, -0.05) is 13.3 Å². The molecule has 2 aromatic rings. The summed E-state index contributed by atoms with van der Waals surface area (Å²) in [6.07, 6.45) is 6.74. The van der Waals surface area contributed by atoms with Gasteiger partial charge in [-0.2, -0.15) is 4.31 Å². The van der Waals surface area contributed by atoms with Gasteiger partial charge in [-0.25, -0.2) is 8.42 Å². The standard InChI is InChI=1S/C24H34N2O4S/c1-5-19-11-7-10-14-26(19)31(28,29)23-17(3)16(2)15-20-18(4)21(30-22(20)23)24(27)25-12-8-6-9-13-25/h15,19H,5-14H2,1-4H3. The summed E-state index contributed by atoms with van der Waals surface area (Å²) < 4.78 is 35.6. The SMILES string of the molecule is CCC1CCCCN1S(=O)(=O)c1c(C)c(C)cc2c(C)c(C(=O)N3CCCCC3)oc12. The number of amides is 1. The number of hydrogen-bond donors (Lipinski definition) is 0. The number of furan rings is 1. The number of carbonyl (C=O) groups excluding carboxylic acids is 1. The highest BCUT2D eigenvalue weighted by Gasteiger charge is 2.37. The summed E-state index contributed by atoms with van der Waals surface area (Å²) in [5, 5.41) is 0.729. The third-order valence-electron chi connectivity index (χ3n) is 7.14. The van der Waals surface area contributed by atoms with Crippen molar-refractivity contribution >= 4 is 26.9 Å². The number of hydrogen-bond acceptors (Lipinski definition) is 4. The number of nitrogens with zero attached hydrogens (tertiary/aromatic N) is 2. The first kappa shape index (κ1) is 22.3. The van der Waals surface area contributed by atoms with Crippen LogP contribution >= 0.6 is 0 Å². The molecule has 2 aliphatic rings. The van der Waals surface area contributed by atoms with E-state index in [1.165, 1.54) is 0 Å². The Morgan fingerprint density at radius 2 is 1.71 bits per heavy atom. The van der Waals surface area contributed by atoms with E-state index in [1.807, 2.05) is 38.7 Å². The second-order valence-corrected chi connectivity index (χ2v) is 10.9. The van der Waals surface area contributed by atoms with Crippen molar-refractivity contribution in [2.75, 3.05) is 19.6 Å². The summed E-state index contributed by atoms with van der Waals surface area (Å²) in [6.45, 7) is 9.67. The molecule has 1 aromatic carbocycles. The molecule has 3 heterocycles. The molecular weight excluding hydrogens is 412 g/mol. The first-order chi connectivity index (χ1) is 14.8. The van der Waals surface area contributed by atoms with Gasteiger partial charge in [0.25, 0.3) is 5.91 Å². The van der Waals surface area contributed by atoms with Crippen LogP contribution in [0.15, 0.2) is 15.4 Å². The molecule has 4 rings (SSSR count). The molecule has 0 radical (unpaired) electrons. The van der Waals surface area contributed by atoms with E-state index >= 15 is 0 Å². The van der Waals surface area contributed by atoms with E-state index in [4.69, 9.17) is 4.42 Å². The Morgan fingerprint density at radius 3 is 2.39 bits per heavy atom. The average Bonchev–Trinajstić information content (AvgIpc) is 3.09. The van der Waals surface area contributed by atoms with Gasteiger partial charge in [0.1, 0.15) is 4.90 Å². The summed E-state index contributed by atoms with van der Waals surface area (Å²) >= 11 is 0. The lowest BCUT2D eigenvalue weighted by molar-refractivity contribution is 0.0693. The fourth-order valence-electron chi connectivity index (χ4n) is 5.11. The Balaban J connectivity index is 1.87. The number of aryl methyl sites for hydroxylation is 2. The summed E-state index contributed by atoms with van der Waals surface area (Å²) in [5.74, 6) is 0.153. The summed E-state index contributed by atoms with van der Waals surface area (Å²) in [5.41, 5.74) is 2.67. The second kappa shape index (κ2) is 8.58. The van der Waals surface area contributed by atoms with Crippen LogP contribution in [0.2, 0.25) is 0 Å². The number of piperidine rings is 2. The Kier molecular flexibility index (Phi) is 6.19. The van der Waals surface area contributed by atoms with Gasteiger partial charge in [-0.3, -0.25) is 4.79 Å². The summed E-state index contributed by atoms with van der Waals surface area (Å²) in [4.78, 5) is 15.3. The van der Waals surface area contributed by atoms with Crippen LogP contribution in [0.1, 0.15) is 79.1 Å². The maximum Gasteiger partial charge on any atom is 0.289 e. The zero-order valence-electron chi connectivity index (χ0n) is 19.2. The zero-order chi connectivity index (χ0) is 22.3. The van der Waals surface area contributed by atoms with Crippen LogP contribution in [-0.2, 0) is 10.0 Å². The highest BCUT2D eigenvalue weighted by Crippen LogP contribution is 2.38. The van der Waals surface area contributed by atoms with Crippen LogP contribution in [0.5, 0.6) is 0 Å². The Hall–Kier alpha value is -1.86.